The zero-order chi connectivity index (χ0) is 49.3. The zero-order valence-corrected chi connectivity index (χ0v) is 39.4. The molecule has 25 unspecified atom stereocenters. The number of aliphatic hydroxyl groups excluding tert-OH is 12. The van der Waals surface area contributed by atoms with Crippen LogP contribution in [0.2, 0.25) is 0 Å². The van der Waals surface area contributed by atoms with Gasteiger partial charge >= 0.3 is 5.97 Å². The van der Waals surface area contributed by atoms with Crippen molar-refractivity contribution in [2.75, 3.05) is 19.8 Å². The first-order valence-electron chi connectivity index (χ1n) is 24.0. The third-order valence-corrected chi connectivity index (χ3v) is 19.3. The second-order valence-electron chi connectivity index (χ2n) is 23.3. The van der Waals surface area contributed by atoms with Crippen molar-refractivity contribution in [2.24, 2.45) is 50.2 Å². The first-order chi connectivity index (χ1) is 31.2. The predicted octanol–water partition coefficient (Wildman–Crippen LogP) is -1.74. The molecule has 25 atom stereocenters. The summed E-state index contributed by atoms with van der Waals surface area (Å²) in [6, 6.07) is 0. The number of carboxylic acids is 1. The molecule has 4 saturated carbocycles. The van der Waals surface area contributed by atoms with Crippen LogP contribution in [0.4, 0.5) is 0 Å². The van der Waals surface area contributed by atoms with Crippen LogP contribution in [0.25, 0.3) is 0 Å². The largest absolute Gasteiger partial charge is 0.479 e. The monoisotopic (exact) mass is 960 g/mol. The van der Waals surface area contributed by atoms with Crippen LogP contribution >= 0.6 is 0 Å². The second kappa shape index (κ2) is 17.9. The van der Waals surface area contributed by atoms with E-state index in [9.17, 15) is 71.2 Å². The van der Waals surface area contributed by atoms with Crippen LogP contribution in [0.1, 0.15) is 93.4 Å². The molecule has 384 valence electrons. The van der Waals surface area contributed by atoms with Gasteiger partial charge in [0, 0.05) is 0 Å². The van der Waals surface area contributed by atoms with Crippen LogP contribution in [0, 0.1) is 50.2 Å². The quantitative estimate of drug-likeness (QED) is 0.0901. The minimum atomic E-state index is -2.08. The first kappa shape index (κ1) is 51.8. The lowest BCUT2D eigenvalue weighted by molar-refractivity contribution is -0.392. The van der Waals surface area contributed by atoms with E-state index in [1.165, 1.54) is 0 Å². The molecule has 0 amide bonds. The molecule has 3 heterocycles. The minimum Gasteiger partial charge on any atom is -0.479 e. The number of carboxylic acid groups (broad SMARTS) is 1. The summed E-state index contributed by atoms with van der Waals surface area (Å²) in [6.45, 7) is 13.0. The van der Waals surface area contributed by atoms with Gasteiger partial charge in [0.25, 0.3) is 0 Å². The SMILES string of the molecule is CC1(C)CC2C3=CCC4C5(C)CCC(OC6OC(C(=O)O)C(O)C(OC7OCC(O)C(O)C7O)C6OC6OC(CO)C(O)C(O)C6O)C(C)(C)C5CCC4(C)C3(C)CC(O)C2(CO)C(O)C1O. The maximum atomic E-state index is 12.8. The van der Waals surface area contributed by atoms with Crippen LogP contribution in [-0.2, 0) is 33.2 Å². The number of rotatable bonds is 9. The van der Waals surface area contributed by atoms with Crippen LogP contribution in [-0.4, -0.2) is 203 Å². The number of fused-ring (bicyclic) bond motifs is 7. The molecule has 0 radical (unpaired) electrons. The molecule has 67 heavy (non-hydrogen) atoms. The molecular weight excluding hydrogens is 884 g/mol. The van der Waals surface area contributed by atoms with Gasteiger partial charge < -0.3 is 94.8 Å². The van der Waals surface area contributed by atoms with E-state index >= 15 is 0 Å². The summed E-state index contributed by atoms with van der Waals surface area (Å²) in [7, 11) is 0. The average Bonchev–Trinajstić information content (AvgIpc) is 3.26. The Bertz CT molecular complexity index is 1850. The Morgan fingerprint density at radius 1 is 0.701 bits per heavy atom. The van der Waals surface area contributed by atoms with E-state index in [2.05, 4.69) is 40.7 Å². The maximum Gasteiger partial charge on any atom is 0.335 e. The van der Waals surface area contributed by atoms with Gasteiger partial charge in [0.1, 0.15) is 61.0 Å². The summed E-state index contributed by atoms with van der Waals surface area (Å²) in [6.07, 6.45) is -23.1. The third kappa shape index (κ3) is 7.73. The number of aliphatic hydroxyl groups is 12. The number of ether oxygens (including phenoxy) is 6. The molecule has 0 aromatic heterocycles. The number of hydrogen-bond donors (Lipinski definition) is 13. The molecule has 0 bridgehead atoms. The van der Waals surface area contributed by atoms with Crippen LogP contribution in [0.5, 0.6) is 0 Å². The highest BCUT2D eigenvalue weighted by molar-refractivity contribution is 5.73. The van der Waals surface area contributed by atoms with Gasteiger partial charge in [-0.2, -0.15) is 0 Å². The van der Waals surface area contributed by atoms with E-state index in [0.717, 1.165) is 18.4 Å². The highest BCUT2D eigenvalue weighted by Gasteiger charge is 2.72. The normalized spacial score (nSPS) is 55.0. The maximum absolute atomic E-state index is 12.8. The van der Waals surface area contributed by atoms with Crippen molar-refractivity contribution >= 4 is 5.97 Å². The molecule has 20 nitrogen and oxygen atoms in total. The van der Waals surface area contributed by atoms with Gasteiger partial charge in [0.2, 0.25) is 0 Å². The lowest BCUT2D eigenvalue weighted by atomic mass is 9.33. The lowest BCUT2D eigenvalue weighted by Gasteiger charge is -2.72. The van der Waals surface area contributed by atoms with Gasteiger partial charge in [-0.25, -0.2) is 4.79 Å². The smallest absolute Gasteiger partial charge is 0.335 e. The van der Waals surface area contributed by atoms with E-state index in [1.54, 1.807) is 0 Å². The number of allylic oxidation sites excluding steroid dienone is 2. The fraction of sp³-hybridized carbons (Fsp3) is 0.936. The molecule has 7 fully saturated rings. The molecule has 13 N–H and O–H groups in total. The zero-order valence-electron chi connectivity index (χ0n) is 39.4. The van der Waals surface area contributed by atoms with E-state index in [-0.39, 0.29) is 28.6 Å². The van der Waals surface area contributed by atoms with Crippen LogP contribution in [0.15, 0.2) is 11.6 Å². The van der Waals surface area contributed by atoms with Crippen molar-refractivity contribution in [3.8, 4) is 0 Å². The van der Waals surface area contributed by atoms with Crippen molar-refractivity contribution in [1.82, 2.24) is 0 Å². The number of aliphatic carboxylic acids is 1. The number of carbonyl (C=O) groups is 1. The number of hydrogen-bond acceptors (Lipinski definition) is 19. The fourth-order valence-corrected chi connectivity index (χ4v) is 15.1. The van der Waals surface area contributed by atoms with E-state index in [4.69, 9.17) is 28.4 Å². The highest BCUT2D eigenvalue weighted by Crippen LogP contribution is 2.76. The van der Waals surface area contributed by atoms with Crippen molar-refractivity contribution in [3.63, 3.8) is 0 Å². The summed E-state index contributed by atoms with van der Waals surface area (Å²) in [5.41, 5.74) is -2.75. The van der Waals surface area contributed by atoms with Crippen molar-refractivity contribution in [1.29, 1.82) is 0 Å². The van der Waals surface area contributed by atoms with Crippen molar-refractivity contribution in [2.45, 2.75) is 204 Å². The topological polar surface area (TPSA) is 335 Å². The van der Waals surface area contributed by atoms with Gasteiger partial charge in [-0.1, -0.05) is 60.1 Å². The van der Waals surface area contributed by atoms with Gasteiger partial charge in [0.05, 0.1) is 49.7 Å². The molecule has 8 aliphatic rings. The van der Waals surface area contributed by atoms with Crippen molar-refractivity contribution in [3.05, 3.63) is 11.6 Å². The Morgan fingerprint density at radius 2 is 1.36 bits per heavy atom. The molecule has 0 aromatic carbocycles. The standard InChI is InChI=1S/C47H76O20/c1-42(2)14-20-19-8-9-24-44(5)12-11-26(43(3,4)23(44)10-13-45(24,6)46(19,7)15-25(51)47(20,18-49)37(59)36(42)58)64-41-35(67-40-31(56)29(54)28(53)22(16-48)63-40)33(32(57)34(66-41)38(60)61)65-39-30(55)27(52)21(50)17-62-39/h8,20-37,39-41,48-59H,9-18H2,1-7H3,(H,60,61). The van der Waals surface area contributed by atoms with Gasteiger partial charge in [-0.05, 0) is 89.8 Å². The summed E-state index contributed by atoms with van der Waals surface area (Å²) < 4.78 is 36.2. The molecule has 5 aliphatic carbocycles. The van der Waals surface area contributed by atoms with Gasteiger partial charge in [0.15, 0.2) is 25.0 Å². The molecule has 3 aliphatic heterocycles. The van der Waals surface area contributed by atoms with Gasteiger partial charge in [-0.15, -0.1) is 0 Å². The first-order valence-corrected chi connectivity index (χ1v) is 24.0. The summed E-state index contributed by atoms with van der Waals surface area (Å²) in [5.74, 6) is -1.90. The minimum absolute atomic E-state index is 0.00832. The van der Waals surface area contributed by atoms with E-state index < -0.39 is 158 Å². The third-order valence-electron chi connectivity index (χ3n) is 19.3. The molecular formula is C47H76O20. The molecule has 0 spiro atoms. The molecule has 3 saturated heterocycles. The Morgan fingerprint density at radius 3 is 2.00 bits per heavy atom. The molecule has 0 aromatic rings. The summed E-state index contributed by atoms with van der Waals surface area (Å²) in [4.78, 5) is 12.8. The van der Waals surface area contributed by atoms with Gasteiger partial charge in [-0.3, -0.25) is 0 Å². The van der Waals surface area contributed by atoms with E-state index in [0.29, 0.717) is 32.1 Å². The Labute approximate surface area is 390 Å². The van der Waals surface area contributed by atoms with Crippen LogP contribution in [0.3, 0.4) is 0 Å². The van der Waals surface area contributed by atoms with Crippen LogP contribution < -0.4 is 0 Å². The lowest BCUT2D eigenvalue weighted by Crippen LogP contribution is -2.71. The Hall–Kier alpha value is -1.51. The summed E-state index contributed by atoms with van der Waals surface area (Å²) in [5, 5.41) is 142. The highest BCUT2D eigenvalue weighted by atomic mass is 16.8. The van der Waals surface area contributed by atoms with Crippen molar-refractivity contribution < 1.29 is 99.6 Å². The Balaban J connectivity index is 1.11. The Kier molecular flexibility index (Phi) is 13.9. The predicted molar refractivity (Wildman–Crippen MR) is 229 cm³/mol. The average molecular weight is 961 g/mol. The second-order valence-corrected chi connectivity index (χ2v) is 23.3. The molecule has 20 heteroatoms. The van der Waals surface area contributed by atoms with E-state index in [1.807, 2.05) is 13.8 Å². The summed E-state index contributed by atoms with van der Waals surface area (Å²) >= 11 is 0. The molecule has 8 rings (SSSR count). The fourth-order valence-electron chi connectivity index (χ4n) is 15.1.